The van der Waals surface area contributed by atoms with Crippen molar-refractivity contribution in [1.82, 2.24) is 9.97 Å². The Morgan fingerprint density at radius 3 is 3.13 bits per heavy atom. The maximum Gasteiger partial charge on any atom is 0.223 e. The van der Waals surface area contributed by atoms with Crippen LogP contribution in [0.4, 0.5) is 11.6 Å². The lowest BCUT2D eigenvalue weighted by molar-refractivity contribution is 0.0874. The van der Waals surface area contributed by atoms with Crippen molar-refractivity contribution in [1.29, 1.82) is 0 Å². The number of aryl methyl sites for hydroxylation is 1. The smallest absolute Gasteiger partial charge is 0.223 e. The Morgan fingerprint density at radius 2 is 2.47 bits per heavy atom. The molecular formula is C10H16N4O. The van der Waals surface area contributed by atoms with Crippen molar-refractivity contribution in [2.75, 3.05) is 24.3 Å². The van der Waals surface area contributed by atoms with E-state index in [1.54, 1.807) is 6.20 Å². The van der Waals surface area contributed by atoms with E-state index < -0.39 is 0 Å². The third kappa shape index (κ3) is 2.56. The van der Waals surface area contributed by atoms with E-state index in [-0.39, 0.29) is 0 Å². The van der Waals surface area contributed by atoms with Crippen LogP contribution in [-0.4, -0.2) is 29.2 Å². The first-order chi connectivity index (χ1) is 7.25. The van der Waals surface area contributed by atoms with Gasteiger partial charge in [-0.2, -0.15) is 0 Å². The van der Waals surface area contributed by atoms with Crippen molar-refractivity contribution < 1.29 is 4.74 Å². The van der Waals surface area contributed by atoms with Gasteiger partial charge in [0.1, 0.15) is 0 Å². The van der Waals surface area contributed by atoms with Crippen LogP contribution in [0.15, 0.2) is 6.20 Å². The molecule has 1 fully saturated rings. The molecule has 0 bridgehead atoms. The van der Waals surface area contributed by atoms with Crippen LogP contribution < -0.4 is 11.1 Å². The molecule has 2 heterocycles. The molecule has 0 radical (unpaired) electrons. The van der Waals surface area contributed by atoms with Gasteiger partial charge in [-0.1, -0.05) is 0 Å². The maximum absolute atomic E-state index is 5.64. The molecule has 1 aliphatic heterocycles. The lowest BCUT2D eigenvalue weighted by Crippen LogP contribution is -2.30. The number of anilines is 2. The number of ether oxygens (including phenoxy) is 1. The zero-order chi connectivity index (χ0) is 10.7. The number of hydrogen-bond acceptors (Lipinski definition) is 5. The summed E-state index contributed by atoms with van der Waals surface area (Å²) in [5.41, 5.74) is 7.08. The van der Waals surface area contributed by atoms with E-state index in [0.717, 1.165) is 31.7 Å². The van der Waals surface area contributed by atoms with Crippen LogP contribution in [0.2, 0.25) is 0 Å². The normalized spacial score (nSPS) is 21.3. The Balaban J connectivity index is 2.00. The van der Waals surface area contributed by atoms with Crippen molar-refractivity contribution in [3.05, 3.63) is 11.9 Å². The zero-order valence-electron chi connectivity index (χ0n) is 8.86. The van der Waals surface area contributed by atoms with E-state index in [9.17, 15) is 0 Å². The van der Waals surface area contributed by atoms with Gasteiger partial charge in [0, 0.05) is 6.61 Å². The summed E-state index contributed by atoms with van der Waals surface area (Å²) in [5.74, 6) is 0.636. The van der Waals surface area contributed by atoms with Crippen molar-refractivity contribution in [3.63, 3.8) is 0 Å². The molecule has 1 saturated heterocycles. The number of nitrogens with zero attached hydrogens (tertiary/aromatic N) is 2. The van der Waals surface area contributed by atoms with Gasteiger partial charge < -0.3 is 15.8 Å². The molecule has 82 valence electrons. The number of aromatic nitrogens is 2. The number of nitrogens with two attached hydrogens (primary N) is 1. The minimum atomic E-state index is 0.321. The lowest BCUT2D eigenvalue weighted by Gasteiger charge is -2.23. The molecule has 0 aliphatic carbocycles. The summed E-state index contributed by atoms with van der Waals surface area (Å²) >= 11 is 0. The van der Waals surface area contributed by atoms with Gasteiger partial charge in [-0.15, -0.1) is 0 Å². The minimum Gasteiger partial charge on any atom is -0.396 e. The average molecular weight is 208 g/mol. The number of nitrogen functional groups attached to an aromatic ring is 1. The number of rotatable bonds is 2. The molecule has 1 aromatic rings. The lowest BCUT2D eigenvalue weighted by atomic mass is 10.1. The van der Waals surface area contributed by atoms with E-state index in [1.165, 1.54) is 0 Å². The highest BCUT2D eigenvalue weighted by atomic mass is 16.5. The molecule has 15 heavy (non-hydrogen) atoms. The summed E-state index contributed by atoms with van der Waals surface area (Å²) in [6.45, 7) is 3.46. The largest absolute Gasteiger partial charge is 0.396 e. The van der Waals surface area contributed by atoms with E-state index >= 15 is 0 Å². The SMILES string of the molecule is Cc1nc(NC2CCCOC2)ncc1N. The Labute approximate surface area is 89.1 Å². The van der Waals surface area contributed by atoms with Crippen molar-refractivity contribution in [2.24, 2.45) is 0 Å². The van der Waals surface area contributed by atoms with E-state index in [1.807, 2.05) is 6.92 Å². The molecule has 5 nitrogen and oxygen atoms in total. The quantitative estimate of drug-likeness (QED) is 0.757. The van der Waals surface area contributed by atoms with Gasteiger partial charge >= 0.3 is 0 Å². The van der Waals surface area contributed by atoms with Gasteiger partial charge in [0.2, 0.25) is 5.95 Å². The summed E-state index contributed by atoms with van der Waals surface area (Å²) in [5, 5.41) is 3.25. The van der Waals surface area contributed by atoms with E-state index in [0.29, 0.717) is 17.7 Å². The molecule has 0 aromatic carbocycles. The average Bonchev–Trinajstić information content (AvgIpc) is 2.25. The molecule has 1 aliphatic rings. The van der Waals surface area contributed by atoms with Crippen LogP contribution in [0.5, 0.6) is 0 Å². The summed E-state index contributed by atoms with van der Waals surface area (Å²) in [6.07, 6.45) is 3.83. The summed E-state index contributed by atoms with van der Waals surface area (Å²) in [4.78, 5) is 8.39. The summed E-state index contributed by atoms with van der Waals surface area (Å²) in [7, 11) is 0. The zero-order valence-corrected chi connectivity index (χ0v) is 8.86. The van der Waals surface area contributed by atoms with Gasteiger partial charge in [0.05, 0.1) is 30.2 Å². The standard InChI is InChI=1S/C10H16N4O/c1-7-9(11)5-12-10(13-7)14-8-3-2-4-15-6-8/h5,8H,2-4,6,11H2,1H3,(H,12,13,14). The van der Waals surface area contributed by atoms with Crippen LogP contribution in [0.1, 0.15) is 18.5 Å². The number of hydrogen-bond donors (Lipinski definition) is 2. The van der Waals surface area contributed by atoms with Crippen LogP contribution in [0.25, 0.3) is 0 Å². The van der Waals surface area contributed by atoms with Crippen molar-refractivity contribution in [3.8, 4) is 0 Å². The van der Waals surface area contributed by atoms with Gasteiger partial charge in [0.15, 0.2) is 0 Å². The van der Waals surface area contributed by atoms with Gasteiger partial charge in [0.25, 0.3) is 0 Å². The second-order valence-corrected chi connectivity index (χ2v) is 3.79. The third-order valence-corrected chi connectivity index (χ3v) is 2.51. The Kier molecular flexibility index (Phi) is 3.01. The predicted octanol–water partition coefficient (Wildman–Crippen LogP) is 0.958. The van der Waals surface area contributed by atoms with E-state index in [2.05, 4.69) is 15.3 Å². The maximum atomic E-state index is 5.64. The minimum absolute atomic E-state index is 0.321. The number of nitrogens with one attached hydrogen (secondary N) is 1. The molecule has 1 unspecified atom stereocenters. The van der Waals surface area contributed by atoms with Crippen LogP contribution >= 0.6 is 0 Å². The highest BCUT2D eigenvalue weighted by Gasteiger charge is 2.14. The fourth-order valence-corrected chi connectivity index (χ4v) is 1.58. The van der Waals surface area contributed by atoms with Crippen molar-refractivity contribution >= 4 is 11.6 Å². The Bertz CT molecular complexity index is 336. The topological polar surface area (TPSA) is 73.1 Å². The van der Waals surface area contributed by atoms with Gasteiger partial charge in [-0.25, -0.2) is 9.97 Å². The van der Waals surface area contributed by atoms with Gasteiger partial charge in [-0.3, -0.25) is 0 Å². The van der Waals surface area contributed by atoms with E-state index in [4.69, 9.17) is 10.5 Å². The Morgan fingerprint density at radius 1 is 1.60 bits per heavy atom. The highest BCUT2D eigenvalue weighted by molar-refractivity contribution is 5.43. The van der Waals surface area contributed by atoms with Crippen LogP contribution in [0.3, 0.4) is 0 Å². The molecule has 0 amide bonds. The third-order valence-electron chi connectivity index (χ3n) is 2.51. The molecule has 5 heteroatoms. The molecule has 0 saturated carbocycles. The molecular weight excluding hydrogens is 192 g/mol. The van der Waals surface area contributed by atoms with Crippen LogP contribution in [0, 0.1) is 6.92 Å². The fourth-order valence-electron chi connectivity index (χ4n) is 1.58. The first-order valence-corrected chi connectivity index (χ1v) is 5.19. The molecule has 0 spiro atoms. The first-order valence-electron chi connectivity index (χ1n) is 5.19. The van der Waals surface area contributed by atoms with Crippen LogP contribution in [-0.2, 0) is 4.74 Å². The molecule has 3 N–H and O–H groups in total. The second-order valence-electron chi connectivity index (χ2n) is 3.79. The molecule has 1 atom stereocenters. The Hall–Kier alpha value is -1.36. The predicted molar refractivity (Wildman–Crippen MR) is 58.6 cm³/mol. The first kappa shape index (κ1) is 10.2. The second kappa shape index (κ2) is 4.44. The molecule has 2 rings (SSSR count). The monoisotopic (exact) mass is 208 g/mol. The van der Waals surface area contributed by atoms with Crippen molar-refractivity contribution in [2.45, 2.75) is 25.8 Å². The fraction of sp³-hybridized carbons (Fsp3) is 0.600. The van der Waals surface area contributed by atoms with Gasteiger partial charge in [-0.05, 0) is 19.8 Å². The summed E-state index contributed by atoms with van der Waals surface area (Å²) in [6, 6.07) is 0.321. The highest BCUT2D eigenvalue weighted by Crippen LogP contribution is 2.13. The molecule has 1 aromatic heterocycles. The summed E-state index contributed by atoms with van der Waals surface area (Å²) < 4.78 is 5.37.